The van der Waals surface area contributed by atoms with E-state index in [4.69, 9.17) is 9.47 Å². The highest BCUT2D eigenvalue weighted by Crippen LogP contribution is 2.22. The van der Waals surface area contributed by atoms with Gasteiger partial charge in [0, 0.05) is 5.56 Å². The number of carbonyl (C=O) groups excluding carboxylic acids is 1. The molecule has 0 spiro atoms. The van der Waals surface area contributed by atoms with Crippen molar-refractivity contribution in [3.8, 4) is 11.5 Å². The highest BCUT2D eigenvalue weighted by molar-refractivity contribution is 7.92. The lowest BCUT2D eigenvalue weighted by Crippen LogP contribution is -2.39. The van der Waals surface area contributed by atoms with E-state index in [2.05, 4.69) is 10.5 Å². The molecule has 0 atom stereocenters. The van der Waals surface area contributed by atoms with Crippen LogP contribution in [0.25, 0.3) is 0 Å². The Labute approximate surface area is 162 Å². The lowest BCUT2D eigenvalue weighted by atomic mass is 10.2. The standard InChI is InChI=1S/C18H20FN3O5S/c1-26-16-8-9-17(27-2)13(10-16)11-20-21-18(23)12-22(28(3,24)25)15-6-4-14(19)5-7-15/h4-11H,12H2,1-3H3,(H,21,23)/b20-11-. The monoisotopic (exact) mass is 409 g/mol. The number of hydrogen-bond donors (Lipinski definition) is 1. The molecule has 1 N–H and O–H groups in total. The number of hydrazone groups is 1. The molecule has 10 heteroatoms. The number of nitrogens with one attached hydrogen (secondary N) is 1. The average Bonchev–Trinajstić information content (AvgIpc) is 2.66. The van der Waals surface area contributed by atoms with Gasteiger partial charge < -0.3 is 9.47 Å². The Balaban J connectivity index is 2.11. The normalized spacial score (nSPS) is 11.3. The summed E-state index contributed by atoms with van der Waals surface area (Å²) in [5.74, 6) is -0.0950. The fourth-order valence-corrected chi connectivity index (χ4v) is 3.14. The fourth-order valence-electron chi connectivity index (χ4n) is 2.29. The minimum absolute atomic E-state index is 0.164. The molecule has 0 aliphatic carbocycles. The second-order valence-corrected chi connectivity index (χ2v) is 7.55. The number of nitrogens with zero attached hydrogens (tertiary/aromatic N) is 2. The highest BCUT2D eigenvalue weighted by Gasteiger charge is 2.20. The van der Waals surface area contributed by atoms with E-state index in [1.165, 1.54) is 32.6 Å². The van der Waals surface area contributed by atoms with Gasteiger partial charge in [-0.3, -0.25) is 9.10 Å². The van der Waals surface area contributed by atoms with E-state index in [0.717, 1.165) is 22.7 Å². The number of methoxy groups -OCH3 is 2. The Bertz CT molecular complexity index is 962. The largest absolute Gasteiger partial charge is 0.497 e. The molecule has 0 radical (unpaired) electrons. The Kier molecular flexibility index (Phi) is 6.94. The van der Waals surface area contributed by atoms with Crippen molar-refractivity contribution in [1.82, 2.24) is 5.43 Å². The molecular formula is C18H20FN3O5S. The predicted molar refractivity (Wildman–Crippen MR) is 104 cm³/mol. The minimum atomic E-state index is -3.76. The number of amides is 1. The van der Waals surface area contributed by atoms with Crippen LogP contribution in [0, 0.1) is 5.82 Å². The van der Waals surface area contributed by atoms with Gasteiger partial charge >= 0.3 is 0 Å². The summed E-state index contributed by atoms with van der Waals surface area (Å²) in [5.41, 5.74) is 2.98. The molecule has 2 aromatic rings. The Hall–Kier alpha value is -3.14. The number of halogens is 1. The van der Waals surface area contributed by atoms with E-state index in [9.17, 15) is 17.6 Å². The van der Waals surface area contributed by atoms with Gasteiger partial charge in [-0.05, 0) is 42.5 Å². The van der Waals surface area contributed by atoms with Gasteiger partial charge in [-0.1, -0.05) is 0 Å². The molecular weight excluding hydrogens is 389 g/mol. The molecule has 0 heterocycles. The van der Waals surface area contributed by atoms with E-state index in [0.29, 0.717) is 17.1 Å². The van der Waals surface area contributed by atoms with E-state index in [1.807, 2.05) is 0 Å². The van der Waals surface area contributed by atoms with Gasteiger partial charge in [0.1, 0.15) is 23.9 Å². The molecule has 0 fully saturated rings. The highest BCUT2D eigenvalue weighted by atomic mass is 32.2. The van der Waals surface area contributed by atoms with Gasteiger partial charge in [0.25, 0.3) is 5.91 Å². The molecule has 0 unspecified atom stereocenters. The summed E-state index contributed by atoms with van der Waals surface area (Å²) in [6.45, 7) is -0.517. The molecule has 0 aliphatic heterocycles. The molecule has 28 heavy (non-hydrogen) atoms. The summed E-state index contributed by atoms with van der Waals surface area (Å²) in [4.78, 5) is 12.1. The third kappa shape index (κ3) is 5.68. The van der Waals surface area contributed by atoms with Crippen LogP contribution in [0.1, 0.15) is 5.56 Å². The van der Waals surface area contributed by atoms with Gasteiger partial charge in [0.2, 0.25) is 10.0 Å². The predicted octanol–water partition coefficient (Wildman–Crippen LogP) is 1.76. The van der Waals surface area contributed by atoms with E-state index in [-0.39, 0.29) is 5.69 Å². The van der Waals surface area contributed by atoms with Crippen LogP contribution in [0.4, 0.5) is 10.1 Å². The first-order valence-electron chi connectivity index (χ1n) is 8.02. The summed E-state index contributed by atoms with van der Waals surface area (Å²) < 4.78 is 48.2. The average molecular weight is 409 g/mol. The summed E-state index contributed by atoms with van der Waals surface area (Å²) in [7, 11) is -0.757. The Morgan fingerprint density at radius 1 is 1.18 bits per heavy atom. The summed E-state index contributed by atoms with van der Waals surface area (Å²) >= 11 is 0. The van der Waals surface area contributed by atoms with Crippen molar-refractivity contribution < 1.29 is 27.1 Å². The second-order valence-electron chi connectivity index (χ2n) is 5.65. The van der Waals surface area contributed by atoms with Crippen molar-refractivity contribution in [3.05, 3.63) is 53.8 Å². The van der Waals surface area contributed by atoms with Crippen LogP contribution in [0.15, 0.2) is 47.6 Å². The zero-order valence-corrected chi connectivity index (χ0v) is 16.4. The number of sulfonamides is 1. The zero-order valence-electron chi connectivity index (χ0n) is 15.5. The number of hydrogen-bond acceptors (Lipinski definition) is 6. The molecule has 2 rings (SSSR count). The van der Waals surface area contributed by atoms with Crippen molar-refractivity contribution in [2.75, 3.05) is 31.3 Å². The number of ether oxygens (including phenoxy) is 2. The maximum absolute atomic E-state index is 13.1. The molecule has 150 valence electrons. The van der Waals surface area contributed by atoms with Crippen molar-refractivity contribution in [1.29, 1.82) is 0 Å². The topological polar surface area (TPSA) is 97.3 Å². The van der Waals surface area contributed by atoms with Crippen molar-refractivity contribution >= 4 is 27.8 Å². The zero-order chi connectivity index (χ0) is 20.7. The van der Waals surface area contributed by atoms with Gasteiger partial charge in [0.05, 0.1) is 32.4 Å². The third-order valence-corrected chi connectivity index (χ3v) is 4.77. The lowest BCUT2D eigenvalue weighted by molar-refractivity contribution is -0.119. The van der Waals surface area contributed by atoms with Crippen LogP contribution in [0.3, 0.4) is 0 Å². The lowest BCUT2D eigenvalue weighted by Gasteiger charge is -2.21. The molecule has 8 nitrogen and oxygen atoms in total. The maximum Gasteiger partial charge on any atom is 0.260 e. The van der Waals surface area contributed by atoms with Crippen LogP contribution in [0.2, 0.25) is 0 Å². The van der Waals surface area contributed by atoms with Crippen LogP contribution < -0.4 is 19.2 Å². The molecule has 0 bridgehead atoms. The first-order chi connectivity index (χ1) is 13.2. The number of rotatable bonds is 8. The summed E-state index contributed by atoms with van der Waals surface area (Å²) in [6, 6.07) is 9.82. The van der Waals surface area contributed by atoms with E-state index >= 15 is 0 Å². The number of anilines is 1. The Morgan fingerprint density at radius 2 is 1.86 bits per heavy atom. The maximum atomic E-state index is 13.1. The first kappa shape index (κ1) is 21.2. The molecule has 2 aromatic carbocycles. The molecule has 0 saturated heterocycles. The van der Waals surface area contributed by atoms with Crippen molar-refractivity contribution in [2.45, 2.75) is 0 Å². The van der Waals surface area contributed by atoms with Gasteiger partial charge in [-0.25, -0.2) is 18.2 Å². The van der Waals surface area contributed by atoms with Gasteiger partial charge in [-0.2, -0.15) is 5.10 Å². The summed E-state index contributed by atoms with van der Waals surface area (Å²) in [5, 5.41) is 3.83. The van der Waals surface area contributed by atoms with Crippen LogP contribution in [0.5, 0.6) is 11.5 Å². The van der Waals surface area contributed by atoms with Crippen LogP contribution in [-0.4, -0.2) is 47.6 Å². The quantitative estimate of drug-likeness (QED) is 0.529. The van der Waals surface area contributed by atoms with Crippen molar-refractivity contribution in [2.24, 2.45) is 5.10 Å². The molecule has 0 saturated carbocycles. The third-order valence-electron chi connectivity index (χ3n) is 3.63. The molecule has 0 aliphatic rings. The van der Waals surface area contributed by atoms with Crippen molar-refractivity contribution in [3.63, 3.8) is 0 Å². The van der Waals surface area contributed by atoms with Crippen LogP contribution in [-0.2, 0) is 14.8 Å². The summed E-state index contributed by atoms with van der Waals surface area (Å²) in [6.07, 6.45) is 2.30. The number of carbonyl (C=O) groups is 1. The second kappa shape index (κ2) is 9.18. The van der Waals surface area contributed by atoms with E-state index in [1.54, 1.807) is 18.2 Å². The minimum Gasteiger partial charge on any atom is -0.497 e. The smallest absolute Gasteiger partial charge is 0.260 e. The van der Waals surface area contributed by atoms with E-state index < -0.39 is 28.3 Å². The van der Waals surface area contributed by atoms with Gasteiger partial charge in [0.15, 0.2) is 0 Å². The van der Waals surface area contributed by atoms with Crippen LogP contribution >= 0.6 is 0 Å². The Morgan fingerprint density at radius 3 is 2.43 bits per heavy atom. The number of benzene rings is 2. The SMILES string of the molecule is COc1ccc(OC)c(/C=N\NC(=O)CN(c2ccc(F)cc2)S(C)(=O)=O)c1. The molecule has 1 amide bonds. The first-order valence-corrected chi connectivity index (χ1v) is 9.86. The fraction of sp³-hybridized carbons (Fsp3) is 0.222. The molecule has 0 aromatic heterocycles. The van der Waals surface area contributed by atoms with Gasteiger partial charge in [-0.15, -0.1) is 0 Å².